The summed E-state index contributed by atoms with van der Waals surface area (Å²) in [6.07, 6.45) is 13.6. The molecule has 0 bridgehead atoms. The molecule has 1 fully saturated rings. The van der Waals surface area contributed by atoms with E-state index in [9.17, 15) is 4.79 Å². The molecule has 0 saturated heterocycles. The third-order valence-corrected chi connectivity index (χ3v) is 13.8. The average Bonchev–Trinajstić information content (AvgIpc) is 2.82. The van der Waals surface area contributed by atoms with Gasteiger partial charge in [0, 0.05) is 12.2 Å². The molecule has 3 nitrogen and oxygen atoms in total. The molecule has 0 aliphatic heterocycles. The topological polar surface area (TPSA) is 38.3 Å². The molecule has 1 aliphatic carbocycles. The highest BCUT2D eigenvalue weighted by Crippen LogP contribution is 2.42. The fourth-order valence-electron chi connectivity index (χ4n) is 5.97. The molecule has 0 aromatic heterocycles. The highest BCUT2D eigenvalue weighted by atomic mass is 28.4. The summed E-state index contributed by atoms with van der Waals surface area (Å²) in [6, 6.07) is 9.59. The van der Waals surface area contributed by atoms with Gasteiger partial charge in [-0.1, -0.05) is 79.0 Å². The van der Waals surface area contributed by atoms with E-state index in [2.05, 4.69) is 64.7 Å². The molecule has 190 valence electrons. The van der Waals surface area contributed by atoms with Crippen molar-refractivity contribution in [3.63, 3.8) is 0 Å². The Kier molecular flexibility index (Phi) is 12.4. The van der Waals surface area contributed by atoms with Crippen molar-refractivity contribution in [3.8, 4) is 0 Å². The Labute approximate surface area is 210 Å². The Bertz CT molecular complexity index is 752. The average molecular weight is 484 g/mol. The fourth-order valence-corrected chi connectivity index (χ4v) is 11.5. The van der Waals surface area contributed by atoms with E-state index in [4.69, 9.17) is 4.43 Å². The van der Waals surface area contributed by atoms with E-state index in [0.29, 0.717) is 22.5 Å². The van der Waals surface area contributed by atoms with E-state index in [1.807, 2.05) is 30.3 Å². The quantitative estimate of drug-likeness (QED) is 0.174. The van der Waals surface area contributed by atoms with Crippen molar-refractivity contribution in [3.05, 3.63) is 53.8 Å². The van der Waals surface area contributed by atoms with Gasteiger partial charge < -0.3 is 9.74 Å². The van der Waals surface area contributed by atoms with E-state index in [-0.39, 0.29) is 11.9 Å². The standard InChI is InChI=1S/C30H49NO2Si/c1-24(2)34(25(3)4,26(5)6)33-23-17-9-7-8-16-22-29(27-18-12-10-13-19-27)31-30(32)28-20-14-11-15-21-28/h8,11,14-15,20-22,24-27,29H,7,9-10,12-13,17-19,23H2,1-6H3,(H,31,32)/t16?,29-/m0/s1. The van der Waals surface area contributed by atoms with Crippen LogP contribution in [0.15, 0.2) is 48.2 Å². The Balaban J connectivity index is 1.88. The van der Waals surface area contributed by atoms with Crippen molar-refractivity contribution in [2.24, 2.45) is 5.92 Å². The molecule has 1 saturated carbocycles. The van der Waals surface area contributed by atoms with Gasteiger partial charge in [-0.25, -0.2) is 0 Å². The van der Waals surface area contributed by atoms with Crippen molar-refractivity contribution < 1.29 is 9.22 Å². The normalized spacial score (nSPS) is 15.9. The van der Waals surface area contributed by atoms with Crippen molar-refractivity contribution in [2.45, 2.75) is 116 Å². The van der Waals surface area contributed by atoms with Gasteiger partial charge in [0.25, 0.3) is 5.91 Å². The highest BCUT2D eigenvalue weighted by molar-refractivity contribution is 6.77. The van der Waals surface area contributed by atoms with E-state index in [0.717, 1.165) is 31.4 Å². The molecule has 34 heavy (non-hydrogen) atoms. The van der Waals surface area contributed by atoms with Crippen molar-refractivity contribution in [1.29, 1.82) is 0 Å². The van der Waals surface area contributed by atoms with Gasteiger partial charge in [-0.15, -0.1) is 5.73 Å². The van der Waals surface area contributed by atoms with Gasteiger partial charge in [-0.05, 0) is 78.9 Å². The van der Waals surface area contributed by atoms with Crippen LogP contribution < -0.4 is 5.32 Å². The number of hydrogen-bond acceptors (Lipinski definition) is 2. The van der Waals surface area contributed by atoms with Crippen LogP contribution in [0, 0.1) is 5.92 Å². The lowest BCUT2D eigenvalue weighted by molar-refractivity contribution is 0.0927. The lowest BCUT2D eigenvalue weighted by Crippen LogP contribution is -2.47. The van der Waals surface area contributed by atoms with Gasteiger partial charge in [-0.2, -0.15) is 0 Å². The summed E-state index contributed by atoms with van der Waals surface area (Å²) in [6.45, 7) is 14.9. The predicted octanol–water partition coefficient (Wildman–Crippen LogP) is 8.44. The summed E-state index contributed by atoms with van der Waals surface area (Å²) in [7, 11) is -1.75. The molecule has 1 atom stereocenters. The molecule has 0 radical (unpaired) electrons. The van der Waals surface area contributed by atoms with Crippen LogP contribution in [0.2, 0.25) is 16.6 Å². The summed E-state index contributed by atoms with van der Waals surface area (Å²) >= 11 is 0. The second kappa shape index (κ2) is 14.7. The van der Waals surface area contributed by atoms with Crippen LogP contribution >= 0.6 is 0 Å². The zero-order valence-electron chi connectivity index (χ0n) is 22.6. The molecule has 2 rings (SSSR count). The molecular formula is C30H49NO2Si. The lowest BCUT2D eigenvalue weighted by Gasteiger charge is -2.42. The third kappa shape index (κ3) is 8.25. The minimum absolute atomic E-state index is 0.0134. The fraction of sp³-hybridized carbons (Fsp3) is 0.667. The molecule has 1 amide bonds. The molecule has 0 spiro atoms. The zero-order chi connectivity index (χ0) is 25.0. The third-order valence-electron chi connectivity index (χ3n) is 7.69. The number of hydrogen-bond donors (Lipinski definition) is 1. The number of unbranched alkanes of at least 4 members (excludes halogenated alkanes) is 2. The van der Waals surface area contributed by atoms with E-state index >= 15 is 0 Å². The number of carbonyl (C=O) groups excluding carboxylic acids is 1. The van der Waals surface area contributed by atoms with Crippen molar-refractivity contribution >= 4 is 14.2 Å². The summed E-state index contributed by atoms with van der Waals surface area (Å²) in [5.41, 5.74) is 6.04. The number of amides is 1. The monoisotopic (exact) mass is 483 g/mol. The molecule has 1 N–H and O–H groups in total. The van der Waals surface area contributed by atoms with Crippen LogP contribution in [0.1, 0.15) is 103 Å². The van der Waals surface area contributed by atoms with Crippen LogP contribution in [-0.4, -0.2) is 26.9 Å². The largest absolute Gasteiger partial charge is 0.416 e. The molecule has 4 heteroatoms. The molecule has 0 unspecified atom stereocenters. The predicted molar refractivity (Wildman–Crippen MR) is 148 cm³/mol. The SMILES string of the molecule is CC(C)[Si](OCCCCC=C=C[C@H](NC(=O)c1ccccc1)C1CCCCC1)(C(C)C)C(C)C. The number of rotatable bonds is 13. The Morgan fingerprint density at radius 3 is 2.21 bits per heavy atom. The van der Waals surface area contributed by atoms with Crippen molar-refractivity contribution in [2.75, 3.05) is 6.61 Å². The van der Waals surface area contributed by atoms with Crippen LogP contribution in [0.4, 0.5) is 0 Å². The van der Waals surface area contributed by atoms with E-state index in [1.165, 1.54) is 32.1 Å². The van der Waals surface area contributed by atoms with Crippen molar-refractivity contribution in [1.82, 2.24) is 5.32 Å². The van der Waals surface area contributed by atoms with Gasteiger partial charge in [0.05, 0.1) is 6.04 Å². The minimum atomic E-state index is -1.75. The molecule has 0 heterocycles. The van der Waals surface area contributed by atoms with Gasteiger partial charge in [0.15, 0.2) is 8.32 Å². The summed E-state index contributed by atoms with van der Waals surface area (Å²) < 4.78 is 6.67. The molecular weight excluding hydrogens is 434 g/mol. The Morgan fingerprint density at radius 1 is 1.00 bits per heavy atom. The number of nitrogens with one attached hydrogen (secondary N) is 1. The van der Waals surface area contributed by atoms with Crippen LogP contribution in [0.5, 0.6) is 0 Å². The maximum Gasteiger partial charge on any atom is 0.251 e. The molecule has 1 aromatic carbocycles. The first-order chi connectivity index (χ1) is 16.3. The molecule has 1 aliphatic rings. The van der Waals surface area contributed by atoms with E-state index < -0.39 is 8.32 Å². The second-order valence-corrected chi connectivity index (χ2v) is 16.4. The maximum absolute atomic E-state index is 12.7. The summed E-state index contributed by atoms with van der Waals surface area (Å²) in [5, 5.41) is 3.27. The Morgan fingerprint density at radius 2 is 1.62 bits per heavy atom. The first kappa shape index (κ1) is 28.6. The van der Waals surface area contributed by atoms with Crippen LogP contribution in [-0.2, 0) is 4.43 Å². The first-order valence-corrected chi connectivity index (χ1v) is 15.8. The van der Waals surface area contributed by atoms with Crippen LogP contribution in [0.25, 0.3) is 0 Å². The number of carbonyl (C=O) groups is 1. The van der Waals surface area contributed by atoms with Crippen LogP contribution in [0.3, 0.4) is 0 Å². The number of benzene rings is 1. The minimum Gasteiger partial charge on any atom is -0.416 e. The molecule has 1 aromatic rings. The van der Waals surface area contributed by atoms with Gasteiger partial charge in [-0.3, -0.25) is 4.79 Å². The summed E-state index contributed by atoms with van der Waals surface area (Å²) in [5.74, 6) is 0.524. The maximum atomic E-state index is 12.7. The van der Waals surface area contributed by atoms with Gasteiger partial charge >= 0.3 is 0 Å². The Hall–Kier alpha value is -1.61. The van der Waals surface area contributed by atoms with Gasteiger partial charge in [0.2, 0.25) is 0 Å². The summed E-state index contributed by atoms with van der Waals surface area (Å²) in [4.78, 5) is 12.7. The second-order valence-electron chi connectivity index (χ2n) is 11.0. The zero-order valence-corrected chi connectivity index (χ0v) is 23.6. The lowest BCUT2D eigenvalue weighted by atomic mass is 9.83. The highest BCUT2D eigenvalue weighted by Gasteiger charge is 2.44. The van der Waals surface area contributed by atoms with E-state index in [1.54, 1.807) is 0 Å². The first-order valence-electron chi connectivity index (χ1n) is 13.7. The smallest absolute Gasteiger partial charge is 0.251 e. The van der Waals surface area contributed by atoms with Gasteiger partial charge in [0.1, 0.15) is 0 Å².